The summed E-state index contributed by atoms with van der Waals surface area (Å²) >= 11 is 0. The second-order valence-corrected chi connectivity index (χ2v) is 6.20. The Kier molecular flexibility index (Phi) is 2.86. The molecule has 4 aromatic carbocycles. The number of hydrogen-bond donors (Lipinski definition) is 0. The highest BCUT2D eigenvalue weighted by Gasteiger charge is 2.09. The van der Waals surface area contributed by atoms with Gasteiger partial charge in [-0.05, 0) is 39.1 Å². The molecule has 0 bridgehead atoms. The predicted octanol–water partition coefficient (Wildman–Crippen LogP) is 5.63. The third-order valence-electron chi connectivity index (χ3n) is 4.74. The summed E-state index contributed by atoms with van der Waals surface area (Å²) in [5.41, 5.74) is 2.35. The summed E-state index contributed by atoms with van der Waals surface area (Å²) in [5.74, 6) is 0. The first-order chi connectivity index (χ1) is 11.9. The first kappa shape index (κ1) is 13.3. The molecule has 0 saturated carbocycles. The van der Waals surface area contributed by atoms with Gasteiger partial charge in [-0.25, -0.2) is 4.98 Å². The molecule has 1 N–H and O–H groups in total. The van der Waals surface area contributed by atoms with Gasteiger partial charge in [0.1, 0.15) is 0 Å². The fourth-order valence-electron chi connectivity index (χ4n) is 3.47. The summed E-state index contributed by atoms with van der Waals surface area (Å²) in [4.78, 5) is 3.48. The van der Waals surface area contributed by atoms with Crippen molar-refractivity contribution < 1.29 is 4.98 Å². The minimum Gasteiger partial charge on any atom is -0.210 e. The quantitative estimate of drug-likeness (QED) is 0.356. The summed E-state index contributed by atoms with van der Waals surface area (Å²) in [6.45, 7) is 0. The SMILES string of the molecule is c1ccc2cc(-c3cc4ccc5ccccc5c4c[nH+]3)ccc2c1. The fraction of sp³-hybridized carbons (Fsp3) is 0. The van der Waals surface area contributed by atoms with Crippen molar-refractivity contribution in [2.24, 2.45) is 0 Å². The van der Waals surface area contributed by atoms with Gasteiger partial charge in [0.2, 0.25) is 5.69 Å². The standard InChI is InChI=1S/C23H15N/c1-2-7-18-13-20(12-9-16(18)5-1)23-14-19-11-10-17-6-3-4-8-21(17)22(19)15-24-23/h1-15H/p+1. The van der Waals surface area contributed by atoms with Gasteiger partial charge in [-0.3, -0.25) is 0 Å². The highest BCUT2D eigenvalue weighted by atomic mass is 14.7. The molecule has 0 amide bonds. The predicted molar refractivity (Wildman–Crippen MR) is 101 cm³/mol. The fourth-order valence-corrected chi connectivity index (χ4v) is 3.47. The first-order valence-corrected chi connectivity index (χ1v) is 8.21. The van der Waals surface area contributed by atoms with Gasteiger partial charge in [0.15, 0.2) is 6.20 Å². The molecule has 0 atom stereocenters. The Labute approximate surface area is 140 Å². The number of aromatic amines is 1. The molecule has 5 rings (SSSR count). The molecule has 5 aromatic rings. The van der Waals surface area contributed by atoms with Gasteiger partial charge in [-0.2, -0.15) is 0 Å². The minimum absolute atomic E-state index is 1.14. The number of H-pyrrole nitrogens is 1. The Bertz CT molecular complexity index is 1200. The maximum Gasteiger partial charge on any atom is 0.211 e. The number of rotatable bonds is 1. The number of hydrogen-bond acceptors (Lipinski definition) is 0. The van der Waals surface area contributed by atoms with E-state index < -0.39 is 0 Å². The average molecular weight is 306 g/mol. The van der Waals surface area contributed by atoms with Gasteiger partial charge >= 0.3 is 0 Å². The Morgan fingerprint density at radius 2 is 1.21 bits per heavy atom. The van der Waals surface area contributed by atoms with E-state index >= 15 is 0 Å². The van der Waals surface area contributed by atoms with Crippen LogP contribution in [0, 0.1) is 0 Å². The smallest absolute Gasteiger partial charge is 0.210 e. The number of nitrogens with one attached hydrogen (secondary N) is 1. The normalized spacial score (nSPS) is 11.3. The first-order valence-electron chi connectivity index (χ1n) is 8.21. The molecule has 112 valence electrons. The van der Waals surface area contributed by atoms with Crippen LogP contribution in [-0.2, 0) is 0 Å². The molecule has 1 nitrogen and oxygen atoms in total. The van der Waals surface area contributed by atoms with Gasteiger partial charge in [0.05, 0.1) is 5.39 Å². The van der Waals surface area contributed by atoms with E-state index in [1.54, 1.807) is 0 Å². The molecule has 1 heteroatoms. The lowest BCUT2D eigenvalue weighted by molar-refractivity contribution is -0.362. The second kappa shape index (κ2) is 5.17. The molecule has 0 aliphatic heterocycles. The van der Waals surface area contributed by atoms with Crippen LogP contribution in [0.3, 0.4) is 0 Å². The number of fused-ring (bicyclic) bond motifs is 4. The third kappa shape index (κ3) is 2.06. The van der Waals surface area contributed by atoms with Crippen molar-refractivity contribution in [3.8, 4) is 11.3 Å². The van der Waals surface area contributed by atoms with E-state index in [1.807, 2.05) is 0 Å². The van der Waals surface area contributed by atoms with Crippen molar-refractivity contribution in [1.82, 2.24) is 0 Å². The maximum atomic E-state index is 3.48. The molecule has 0 aliphatic carbocycles. The lowest BCUT2D eigenvalue weighted by Gasteiger charge is -2.04. The molecule has 0 saturated heterocycles. The molecule has 24 heavy (non-hydrogen) atoms. The maximum absolute atomic E-state index is 3.48. The van der Waals surface area contributed by atoms with Crippen molar-refractivity contribution in [1.29, 1.82) is 0 Å². The van der Waals surface area contributed by atoms with Crippen LogP contribution in [0.4, 0.5) is 0 Å². The van der Waals surface area contributed by atoms with Gasteiger partial charge < -0.3 is 0 Å². The Balaban J connectivity index is 1.72. The summed E-state index contributed by atoms with van der Waals surface area (Å²) in [6.07, 6.45) is 2.13. The van der Waals surface area contributed by atoms with Crippen LogP contribution >= 0.6 is 0 Å². The number of pyridine rings is 1. The highest BCUT2D eigenvalue weighted by Crippen LogP contribution is 2.27. The van der Waals surface area contributed by atoms with Crippen LogP contribution in [0.2, 0.25) is 0 Å². The van der Waals surface area contributed by atoms with Crippen molar-refractivity contribution in [3.05, 3.63) is 91.1 Å². The Morgan fingerprint density at radius 1 is 0.500 bits per heavy atom. The van der Waals surface area contributed by atoms with Crippen molar-refractivity contribution >= 4 is 32.3 Å². The van der Waals surface area contributed by atoms with Crippen molar-refractivity contribution in [2.75, 3.05) is 0 Å². The average Bonchev–Trinajstić information content (AvgIpc) is 2.67. The summed E-state index contributed by atoms with van der Waals surface area (Å²) in [5, 5.41) is 7.62. The zero-order valence-corrected chi connectivity index (χ0v) is 13.2. The van der Waals surface area contributed by atoms with Crippen LogP contribution in [0.15, 0.2) is 91.1 Å². The van der Waals surface area contributed by atoms with Crippen LogP contribution in [-0.4, -0.2) is 0 Å². The van der Waals surface area contributed by atoms with Gasteiger partial charge in [-0.1, -0.05) is 66.7 Å². The van der Waals surface area contributed by atoms with E-state index in [9.17, 15) is 0 Å². The lowest BCUT2D eigenvalue weighted by Crippen LogP contribution is -2.05. The van der Waals surface area contributed by atoms with Gasteiger partial charge in [-0.15, -0.1) is 0 Å². The molecule has 0 aliphatic rings. The van der Waals surface area contributed by atoms with E-state index in [0.717, 1.165) is 5.69 Å². The largest absolute Gasteiger partial charge is 0.211 e. The van der Waals surface area contributed by atoms with E-state index in [2.05, 4.69) is 96.1 Å². The number of aromatic nitrogens is 1. The lowest BCUT2D eigenvalue weighted by atomic mass is 10.0. The topological polar surface area (TPSA) is 14.1 Å². The van der Waals surface area contributed by atoms with Crippen LogP contribution in [0.5, 0.6) is 0 Å². The molecule has 1 aromatic heterocycles. The number of benzene rings is 4. The minimum atomic E-state index is 1.14. The van der Waals surface area contributed by atoms with E-state index in [1.165, 1.54) is 37.9 Å². The Hall–Kier alpha value is -3.19. The Morgan fingerprint density at radius 3 is 2.12 bits per heavy atom. The zero-order chi connectivity index (χ0) is 15.9. The summed E-state index contributed by atoms with van der Waals surface area (Å²) in [7, 11) is 0. The molecular weight excluding hydrogens is 290 g/mol. The van der Waals surface area contributed by atoms with Crippen molar-refractivity contribution in [3.63, 3.8) is 0 Å². The van der Waals surface area contributed by atoms with Crippen molar-refractivity contribution in [2.45, 2.75) is 0 Å². The van der Waals surface area contributed by atoms with Crippen LogP contribution < -0.4 is 4.98 Å². The molecule has 0 unspecified atom stereocenters. The third-order valence-corrected chi connectivity index (χ3v) is 4.74. The van der Waals surface area contributed by atoms with E-state index in [0.29, 0.717) is 0 Å². The van der Waals surface area contributed by atoms with Crippen LogP contribution in [0.1, 0.15) is 0 Å². The zero-order valence-electron chi connectivity index (χ0n) is 13.2. The van der Waals surface area contributed by atoms with Gasteiger partial charge in [0, 0.05) is 11.6 Å². The summed E-state index contributed by atoms with van der Waals surface area (Å²) in [6, 6.07) is 30.2. The molecule has 1 heterocycles. The summed E-state index contributed by atoms with van der Waals surface area (Å²) < 4.78 is 0. The van der Waals surface area contributed by atoms with E-state index in [-0.39, 0.29) is 0 Å². The van der Waals surface area contributed by atoms with Crippen LogP contribution in [0.25, 0.3) is 43.6 Å². The molecular formula is C23H16N+. The van der Waals surface area contributed by atoms with Gasteiger partial charge in [0.25, 0.3) is 0 Å². The highest BCUT2D eigenvalue weighted by molar-refractivity contribution is 6.07. The monoisotopic (exact) mass is 306 g/mol. The van der Waals surface area contributed by atoms with E-state index in [4.69, 9.17) is 0 Å². The second-order valence-electron chi connectivity index (χ2n) is 6.20. The molecule has 0 radical (unpaired) electrons. The molecule has 0 spiro atoms. The molecule has 0 fully saturated rings.